The second-order valence-corrected chi connectivity index (χ2v) is 2.74. The minimum absolute atomic E-state index is 0.222. The molecule has 0 aliphatic carbocycles. The lowest BCUT2D eigenvalue weighted by Crippen LogP contribution is -2.22. The van der Waals surface area contributed by atoms with Crippen molar-refractivity contribution in [2.75, 3.05) is 5.43 Å². The third-order valence-electron chi connectivity index (χ3n) is 1.23. The standard InChI is InChI=1S/C5H7BrN4O/c1-10-5(11)4(6)3(9-7)2-8-10/h2,9H,7H2,1H3. The number of anilines is 1. The molecular weight excluding hydrogens is 212 g/mol. The Balaban J connectivity index is 3.37. The Morgan fingerprint density at radius 1 is 1.82 bits per heavy atom. The predicted molar refractivity (Wildman–Crippen MR) is 45.0 cm³/mol. The fraction of sp³-hybridized carbons (Fsp3) is 0.200. The lowest BCUT2D eigenvalue weighted by atomic mass is 10.5. The SMILES string of the molecule is Cn1ncc(NN)c(Br)c1=O. The number of nitrogen functional groups attached to an aromatic ring is 1. The van der Waals surface area contributed by atoms with Gasteiger partial charge in [-0.1, -0.05) is 0 Å². The number of hydrogen-bond donors (Lipinski definition) is 2. The fourth-order valence-electron chi connectivity index (χ4n) is 0.611. The molecule has 0 aliphatic rings. The van der Waals surface area contributed by atoms with Gasteiger partial charge in [-0.25, -0.2) is 4.68 Å². The van der Waals surface area contributed by atoms with Gasteiger partial charge in [0.2, 0.25) is 0 Å². The molecule has 5 nitrogen and oxygen atoms in total. The van der Waals surface area contributed by atoms with E-state index in [-0.39, 0.29) is 5.56 Å². The molecule has 0 aliphatic heterocycles. The van der Waals surface area contributed by atoms with Crippen molar-refractivity contribution in [3.05, 3.63) is 21.0 Å². The van der Waals surface area contributed by atoms with Crippen LogP contribution in [-0.2, 0) is 7.05 Å². The predicted octanol–water partition coefficient (Wildman–Crippen LogP) is -0.172. The molecule has 0 atom stereocenters. The van der Waals surface area contributed by atoms with Crippen LogP contribution in [-0.4, -0.2) is 9.78 Å². The van der Waals surface area contributed by atoms with Crippen LogP contribution in [0.4, 0.5) is 5.69 Å². The van der Waals surface area contributed by atoms with Gasteiger partial charge in [0.15, 0.2) is 0 Å². The molecule has 0 bridgehead atoms. The molecule has 1 heterocycles. The fourth-order valence-corrected chi connectivity index (χ4v) is 1.08. The summed E-state index contributed by atoms with van der Waals surface area (Å²) in [5.74, 6) is 5.10. The Kier molecular flexibility index (Phi) is 2.25. The van der Waals surface area contributed by atoms with E-state index in [4.69, 9.17) is 5.84 Å². The number of halogens is 1. The van der Waals surface area contributed by atoms with E-state index < -0.39 is 0 Å². The molecular formula is C5H7BrN4O. The van der Waals surface area contributed by atoms with E-state index in [1.807, 2.05) is 0 Å². The summed E-state index contributed by atoms with van der Waals surface area (Å²) in [4.78, 5) is 11.1. The molecule has 0 amide bonds. The highest BCUT2D eigenvalue weighted by molar-refractivity contribution is 9.10. The second kappa shape index (κ2) is 3.02. The van der Waals surface area contributed by atoms with Crippen LogP contribution in [0.3, 0.4) is 0 Å². The van der Waals surface area contributed by atoms with Crippen molar-refractivity contribution < 1.29 is 0 Å². The maximum absolute atomic E-state index is 11.1. The van der Waals surface area contributed by atoms with Gasteiger partial charge >= 0.3 is 0 Å². The van der Waals surface area contributed by atoms with Crippen LogP contribution in [0.2, 0.25) is 0 Å². The van der Waals surface area contributed by atoms with E-state index in [1.165, 1.54) is 10.9 Å². The Morgan fingerprint density at radius 2 is 2.45 bits per heavy atom. The molecule has 11 heavy (non-hydrogen) atoms. The first-order chi connectivity index (χ1) is 5.16. The molecule has 0 fully saturated rings. The molecule has 1 aromatic rings. The summed E-state index contributed by atoms with van der Waals surface area (Å²) in [5, 5.41) is 3.74. The van der Waals surface area contributed by atoms with Gasteiger partial charge in [-0.3, -0.25) is 10.6 Å². The first kappa shape index (κ1) is 8.22. The third-order valence-corrected chi connectivity index (χ3v) is 2.00. The lowest BCUT2D eigenvalue weighted by Gasteiger charge is -2.02. The van der Waals surface area contributed by atoms with Crippen LogP contribution >= 0.6 is 15.9 Å². The topological polar surface area (TPSA) is 72.9 Å². The number of nitrogens with one attached hydrogen (secondary N) is 1. The summed E-state index contributed by atoms with van der Waals surface area (Å²) in [6.45, 7) is 0. The van der Waals surface area contributed by atoms with Gasteiger partial charge in [0.05, 0.1) is 11.9 Å². The minimum atomic E-state index is -0.222. The highest BCUT2D eigenvalue weighted by Crippen LogP contribution is 2.13. The zero-order chi connectivity index (χ0) is 8.43. The third kappa shape index (κ3) is 1.41. The first-order valence-corrected chi connectivity index (χ1v) is 3.64. The van der Waals surface area contributed by atoms with Crippen LogP contribution in [0.5, 0.6) is 0 Å². The van der Waals surface area contributed by atoms with E-state index in [0.29, 0.717) is 10.2 Å². The molecule has 0 spiro atoms. The van der Waals surface area contributed by atoms with Crippen LogP contribution in [0, 0.1) is 0 Å². The number of nitrogens with zero attached hydrogens (tertiary/aromatic N) is 2. The Bertz CT molecular complexity index is 321. The zero-order valence-corrected chi connectivity index (χ0v) is 7.42. The number of hydrazine groups is 1. The normalized spacial score (nSPS) is 9.73. The van der Waals surface area contributed by atoms with Crippen molar-refractivity contribution in [3.63, 3.8) is 0 Å². The van der Waals surface area contributed by atoms with Crippen molar-refractivity contribution in [1.82, 2.24) is 9.78 Å². The van der Waals surface area contributed by atoms with Gasteiger partial charge in [-0.05, 0) is 15.9 Å². The minimum Gasteiger partial charge on any atom is -0.321 e. The average molecular weight is 219 g/mol. The van der Waals surface area contributed by atoms with Crippen molar-refractivity contribution in [1.29, 1.82) is 0 Å². The number of nitrogens with two attached hydrogens (primary N) is 1. The summed E-state index contributed by atoms with van der Waals surface area (Å²) in [6, 6.07) is 0. The van der Waals surface area contributed by atoms with Crippen LogP contribution in [0.25, 0.3) is 0 Å². The molecule has 0 aromatic carbocycles. The van der Waals surface area contributed by atoms with Gasteiger partial charge < -0.3 is 5.43 Å². The molecule has 0 saturated carbocycles. The second-order valence-electron chi connectivity index (χ2n) is 1.95. The van der Waals surface area contributed by atoms with E-state index in [2.05, 4.69) is 26.5 Å². The van der Waals surface area contributed by atoms with E-state index in [1.54, 1.807) is 7.05 Å². The average Bonchev–Trinajstić information content (AvgIpc) is 2.01. The quantitative estimate of drug-likeness (QED) is 0.508. The molecule has 60 valence electrons. The van der Waals surface area contributed by atoms with Crippen LogP contribution < -0.4 is 16.8 Å². The van der Waals surface area contributed by atoms with E-state index in [9.17, 15) is 4.79 Å². The number of hydrogen-bond acceptors (Lipinski definition) is 4. The Morgan fingerprint density at radius 3 is 3.00 bits per heavy atom. The number of aryl methyl sites for hydroxylation is 1. The van der Waals surface area contributed by atoms with Gasteiger partial charge in [-0.15, -0.1) is 0 Å². The molecule has 1 rings (SSSR count). The molecule has 0 radical (unpaired) electrons. The zero-order valence-electron chi connectivity index (χ0n) is 5.84. The molecule has 1 aromatic heterocycles. The van der Waals surface area contributed by atoms with Gasteiger partial charge in [0, 0.05) is 7.05 Å². The summed E-state index contributed by atoms with van der Waals surface area (Å²) in [5.41, 5.74) is 2.60. The smallest absolute Gasteiger partial charge is 0.282 e. The Labute approximate surface area is 71.3 Å². The van der Waals surface area contributed by atoms with Crippen molar-refractivity contribution in [2.45, 2.75) is 0 Å². The van der Waals surface area contributed by atoms with Crippen LogP contribution in [0.1, 0.15) is 0 Å². The lowest BCUT2D eigenvalue weighted by molar-refractivity contribution is 0.703. The number of aromatic nitrogens is 2. The molecule has 0 saturated heterocycles. The summed E-state index contributed by atoms with van der Waals surface area (Å²) in [7, 11) is 1.56. The summed E-state index contributed by atoms with van der Waals surface area (Å²) in [6.07, 6.45) is 1.46. The van der Waals surface area contributed by atoms with Crippen molar-refractivity contribution >= 4 is 21.6 Å². The highest BCUT2D eigenvalue weighted by Gasteiger charge is 2.03. The van der Waals surface area contributed by atoms with Crippen molar-refractivity contribution in [2.24, 2.45) is 12.9 Å². The maximum Gasteiger partial charge on any atom is 0.282 e. The number of rotatable bonds is 1. The monoisotopic (exact) mass is 218 g/mol. The van der Waals surface area contributed by atoms with Gasteiger partial charge in [0.1, 0.15) is 4.47 Å². The first-order valence-electron chi connectivity index (χ1n) is 2.85. The Hall–Kier alpha value is -0.880. The van der Waals surface area contributed by atoms with Gasteiger partial charge in [0.25, 0.3) is 5.56 Å². The van der Waals surface area contributed by atoms with E-state index >= 15 is 0 Å². The largest absolute Gasteiger partial charge is 0.321 e. The maximum atomic E-state index is 11.1. The van der Waals surface area contributed by atoms with Crippen molar-refractivity contribution in [3.8, 4) is 0 Å². The summed E-state index contributed by atoms with van der Waals surface area (Å²) < 4.78 is 1.60. The summed E-state index contributed by atoms with van der Waals surface area (Å²) >= 11 is 3.08. The van der Waals surface area contributed by atoms with E-state index in [0.717, 1.165) is 0 Å². The molecule has 0 unspecified atom stereocenters. The van der Waals surface area contributed by atoms with Crippen LogP contribution in [0.15, 0.2) is 15.5 Å². The molecule has 3 N–H and O–H groups in total. The highest BCUT2D eigenvalue weighted by atomic mass is 79.9. The van der Waals surface area contributed by atoms with Gasteiger partial charge in [-0.2, -0.15) is 5.10 Å². The molecule has 6 heteroatoms.